The number of hydrogen-bond donors (Lipinski definition) is 1. The Labute approximate surface area is 217 Å². The maximum absolute atomic E-state index is 14.8. The van der Waals surface area contributed by atoms with Crippen LogP contribution in [-0.4, -0.2) is 5.78 Å². The Balaban J connectivity index is 1.56. The Hall–Kier alpha value is -4.19. The van der Waals surface area contributed by atoms with Gasteiger partial charge in [-0.15, -0.1) is 0 Å². The van der Waals surface area contributed by atoms with Crippen LogP contribution >= 0.6 is 0 Å². The summed E-state index contributed by atoms with van der Waals surface area (Å²) in [5, 5.41) is 5.03. The molecule has 2 unspecified atom stereocenters. The van der Waals surface area contributed by atoms with E-state index in [1.165, 1.54) is 5.56 Å². The van der Waals surface area contributed by atoms with Crippen molar-refractivity contribution < 1.29 is 22.4 Å². The molecule has 3 aromatic carbocycles. The van der Waals surface area contributed by atoms with Crippen molar-refractivity contribution in [2.45, 2.75) is 24.9 Å². The highest BCUT2D eigenvalue weighted by atomic mass is 19.4. The predicted molar refractivity (Wildman–Crippen MR) is 140 cm³/mol. The van der Waals surface area contributed by atoms with Gasteiger partial charge in [0.25, 0.3) is 0 Å². The molecule has 38 heavy (non-hydrogen) atoms. The number of allylic oxidation sites excluding steroid dienone is 5. The third-order valence-electron chi connectivity index (χ3n) is 7.51. The van der Waals surface area contributed by atoms with E-state index in [4.69, 9.17) is 0 Å². The van der Waals surface area contributed by atoms with Crippen LogP contribution in [0.3, 0.4) is 0 Å². The van der Waals surface area contributed by atoms with E-state index in [0.717, 1.165) is 51.0 Å². The Bertz CT molecular complexity index is 1680. The van der Waals surface area contributed by atoms with Crippen LogP contribution in [0.15, 0.2) is 90.8 Å². The van der Waals surface area contributed by atoms with Crippen LogP contribution in [0.2, 0.25) is 0 Å². The molecule has 2 nitrogen and oxygen atoms in total. The summed E-state index contributed by atoms with van der Waals surface area (Å²) in [6.45, 7) is 0. The summed E-state index contributed by atoms with van der Waals surface area (Å²) in [6.07, 6.45) is 9.19. The quantitative estimate of drug-likeness (QED) is 0.335. The topological polar surface area (TPSA) is 29.1 Å². The van der Waals surface area contributed by atoms with E-state index in [0.29, 0.717) is 6.42 Å². The molecule has 0 saturated carbocycles. The average Bonchev–Trinajstić information content (AvgIpc) is 3.20. The molecule has 6 heteroatoms. The minimum Gasteiger partial charge on any atom is -0.364 e. The zero-order valence-electron chi connectivity index (χ0n) is 20.2. The lowest BCUT2D eigenvalue weighted by Crippen LogP contribution is -2.40. The summed E-state index contributed by atoms with van der Waals surface area (Å²) in [4.78, 5) is 13.7. The van der Waals surface area contributed by atoms with Crippen LogP contribution in [0, 0.1) is 11.7 Å². The molecule has 3 aliphatic rings. The number of alkyl halides is 3. The van der Waals surface area contributed by atoms with Crippen molar-refractivity contribution in [1.82, 2.24) is 5.32 Å². The van der Waals surface area contributed by atoms with Gasteiger partial charge in [0.1, 0.15) is 5.82 Å². The Morgan fingerprint density at radius 1 is 0.895 bits per heavy atom. The first-order valence-electron chi connectivity index (χ1n) is 12.5. The van der Waals surface area contributed by atoms with Gasteiger partial charge in [-0.25, -0.2) is 4.39 Å². The van der Waals surface area contributed by atoms with Crippen molar-refractivity contribution in [1.29, 1.82) is 0 Å². The lowest BCUT2D eigenvalue weighted by atomic mass is 9.75. The van der Waals surface area contributed by atoms with Crippen LogP contribution in [0.4, 0.5) is 17.6 Å². The van der Waals surface area contributed by atoms with Crippen LogP contribution in [0.25, 0.3) is 23.3 Å². The third kappa shape index (κ3) is 4.10. The highest BCUT2D eigenvalue weighted by Gasteiger charge is 2.39. The maximum atomic E-state index is 14.8. The number of carbonyl (C=O) groups excluding carboxylic acids is 1. The van der Waals surface area contributed by atoms with E-state index < -0.39 is 34.8 Å². The van der Waals surface area contributed by atoms with Gasteiger partial charge < -0.3 is 5.32 Å². The van der Waals surface area contributed by atoms with Crippen molar-refractivity contribution in [2.75, 3.05) is 0 Å². The Morgan fingerprint density at radius 2 is 1.74 bits per heavy atom. The molecular formula is C32H23F4NO. The summed E-state index contributed by atoms with van der Waals surface area (Å²) in [5.41, 5.74) is 2.95. The first-order chi connectivity index (χ1) is 18.3. The second-order valence-electron chi connectivity index (χ2n) is 9.69. The van der Waals surface area contributed by atoms with E-state index in [1.54, 1.807) is 12.3 Å². The summed E-state index contributed by atoms with van der Waals surface area (Å²) in [7, 11) is 0. The number of Topliss-reactive ketones (excluding diaryl/α,β-unsaturated/α-hetero) is 1. The molecule has 0 aromatic heterocycles. The molecule has 3 aromatic rings. The van der Waals surface area contributed by atoms with Gasteiger partial charge in [-0.3, -0.25) is 4.79 Å². The lowest BCUT2D eigenvalue weighted by Gasteiger charge is -2.30. The van der Waals surface area contributed by atoms with E-state index in [9.17, 15) is 22.4 Å². The first kappa shape index (κ1) is 24.2. The summed E-state index contributed by atoms with van der Waals surface area (Å²) < 4.78 is 56.3. The van der Waals surface area contributed by atoms with E-state index >= 15 is 0 Å². The zero-order chi connectivity index (χ0) is 26.4. The monoisotopic (exact) mass is 513 g/mol. The van der Waals surface area contributed by atoms with Crippen molar-refractivity contribution in [3.8, 4) is 11.1 Å². The number of halogens is 4. The summed E-state index contributed by atoms with van der Waals surface area (Å²) >= 11 is 0. The van der Waals surface area contributed by atoms with Gasteiger partial charge in [-0.2, -0.15) is 13.2 Å². The fourth-order valence-corrected chi connectivity index (χ4v) is 5.78. The molecule has 0 fully saturated rings. The molecule has 1 heterocycles. The number of ketones is 1. The van der Waals surface area contributed by atoms with Crippen LogP contribution in [-0.2, 0) is 12.6 Å². The average molecular weight is 514 g/mol. The Kier molecular flexibility index (Phi) is 5.90. The first-order valence-corrected chi connectivity index (χ1v) is 12.5. The molecule has 0 radical (unpaired) electrons. The Morgan fingerprint density at radius 3 is 2.58 bits per heavy atom. The van der Waals surface area contributed by atoms with Gasteiger partial charge >= 0.3 is 6.18 Å². The third-order valence-corrected chi connectivity index (χ3v) is 7.51. The summed E-state index contributed by atoms with van der Waals surface area (Å²) in [6, 6.07) is 14.9. The van der Waals surface area contributed by atoms with E-state index in [-0.39, 0.29) is 12.3 Å². The molecule has 0 spiro atoms. The second-order valence-corrected chi connectivity index (χ2v) is 9.69. The number of nitrogens with one attached hydrogen (secondary N) is 1. The zero-order valence-corrected chi connectivity index (χ0v) is 20.2. The van der Waals surface area contributed by atoms with Gasteiger partial charge in [0.05, 0.1) is 11.1 Å². The maximum Gasteiger partial charge on any atom is 0.417 e. The van der Waals surface area contributed by atoms with Gasteiger partial charge in [0.2, 0.25) is 0 Å². The largest absolute Gasteiger partial charge is 0.417 e. The molecule has 1 aliphatic heterocycles. The van der Waals surface area contributed by atoms with Gasteiger partial charge in [-0.05, 0) is 69.8 Å². The molecule has 0 bridgehead atoms. The number of fused-ring (bicyclic) bond motifs is 5. The molecule has 1 N–H and O–H groups in total. The van der Waals surface area contributed by atoms with E-state index in [2.05, 4.69) is 29.6 Å². The molecule has 2 aliphatic carbocycles. The predicted octanol–water partition coefficient (Wildman–Crippen LogP) is 6.17. The minimum absolute atomic E-state index is 0.216. The fourth-order valence-electron chi connectivity index (χ4n) is 5.78. The molecule has 0 saturated heterocycles. The minimum atomic E-state index is -4.85. The molecule has 6 rings (SSSR count). The number of rotatable bonds is 3. The van der Waals surface area contributed by atoms with Crippen LogP contribution < -0.4 is 15.8 Å². The van der Waals surface area contributed by atoms with Crippen molar-refractivity contribution in [2.24, 2.45) is 5.92 Å². The van der Waals surface area contributed by atoms with Gasteiger partial charge in [0, 0.05) is 23.7 Å². The molecule has 190 valence electrons. The van der Waals surface area contributed by atoms with Crippen LogP contribution in [0.1, 0.15) is 39.4 Å². The highest BCUT2D eigenvalue weighted by Crippen LogP contribution is 2.38. The van der Waals surface area contributed by atoms with Gasteiger partial charge in [0.15, 0.2) is 5.78 Å². The van der Waals surface area contributed by atoms with Crippen molar-refractivity contribution in [3.05, 3.63) is 129 Å². The summed E-state index contributed by atoms with van der Waals surface area (Å²) in [5.74, 6) is -3.26. The number of carbonyl (C=O) groups is 1. The SMILES string of the molecule is O=C(c1c(F)cccc1C(F)(F)F)C1C=c2c(ccc3c2=CCc2ccccc2-3)C(C2=CC=CC=CN2)C1. The van der Waals surface area contributed by atoms with Crippen LogP contribution in [0.5, 0.6) is 0 Å². The standard InChI is InChI=1S/C32H23F4NO/c33-28-10-6-9-27(32(34,35)36)30(28)31(38)20-17-25-23-13-12-19-7-3-4-8-21(19)22(23)14-15-24(25)26(18-20)29-11-2-1-5-16-37-29/h1-11,13-17,20,26,37H,12,18H2. The van der Waals surface area contributed by atoms with Crippen molar-refractivity contribution >= 4 is 17.9 Å². The number of benzene rings is 3. The van der Waals surface area contributed by atoms with Crippen molar-refractivity contribution in [3.63, 3.8) is 0 Å². The highest BCUT2D eigenvalue weighted by molar-refractivity contribution is 6.03. The fraction of sp³-hybridized carbons (Fsp3) is 0.156. The van der Waals surface area contributed by atoms with Gasteiger partial charge in [-0.1, -0.05) is 66.8 Å². The number of hydrogen-bond acceptors (Lipinski definition) is 2. The molecule has 2 atom stereocenters. The molecular weight excluding hydrogens is 490 g/mol. The molecule has 0 amide bonds. The lowest BCUT2D eigenvalue weighted by molar-refractivity contribution is -0.138. The second kappa shape index (κ2) is 9.28. The smallest absolute Gasteiger partial charge is 0.364 e. The normalized spacial score (nSPS) is 19.5. The van der Waals surface area contributed by atoms with E-state index in [1.807, 2.05) is 42.5 Å².